The standard InChI is InChI=1S/C17H21NO4/c1-2-21-16(19)15-13-8-9-14(10-13)18(15)17(20)22-11-12-6-4-3-5-7-12/h3-7,13-15H,2,8-11H2,1H3/t13-,14?,15-/m0/s1. The first kappa shape index (κ1) is 14.9. The summed E-state index contributed by atoms with van der Waals surface area (Å²) in [5, 5.41) is 0. The number of benzene rings is 1. The molecule has 1 saturated heterocycles. The molecule has 1 heterocycles. The monoisotopic (exact) mass is 303 g/mol. The normalized spacial score (nSPS) is 26.0. The molecule has 1 aliphatic carbocycles. The van der Waals surface area contributed by atoms with Gasteiger partial charge in [0.2, 0.25) is 0 Å². The molecule has 5 nitrogen and oxygen atoms in total. The maximum atomic E-state index is 12.4. The highest BCUT2D eigenvalue weighted by Gasteiger charge is 2.52. The zero-order valence-electron chi connectivity index (χ0n) is 12.7. The third-order valence-corrected chi connectivity index (χ3v) is 4.53. The number of amides is 1. The third-order valence-electron chi connectivity index (χ3n) is 4.53. The molecule has 0 aromatic heterocycles. The Morgan fingerprint density at radius 3 is 2.68 bits per heavy atom. The number of likely N-dealkylation sites (tertiary alicyclic amines) is 1. The molecule has 22 heavy (non-hydrogen) atoms. The molecule has 1 amide bonds. The average Bonchev–Trinajstić information content (AvgIpc) is 3.14. The highest BCUT2D eigenvalue weighted by molar-refractivity contribution is 5.83. The lowest BCUT2D eigenvalue weighted by Crippen LogP contribution is -2.49. The highest BCUT2D eigenvalue weighted by atomic mass is 16.6. The van der Waals surface area contributed by atoms with E-state index >= 15 is 0 Å². The Balaban J connectivity index is 1.66. The molecule has 3 atom stereocenters. The molecule has 2 fully saturated rings. The van der Waals surface area contributed by atoms with Crippen LogP contribution in [0.2, 0.25) is 0 Å². The fraction of sp³-hybridized carbons (Fsp3) is 0.529. The van der Waals surface area contributed by atoms with Gasteiger partial charge in [0.25, 0.3) is 0 Å². The van der Waals surface area contributed by atoms with Crippen LogP contribution < -0.4 is 0 Å². The molecular formula is C17H21NO4. The number of piperidine rings is 1. The van der Waals surface area contributed by atoms with Gasteiger partial charge in [-0.3, -0.25) is 4.90 Å². The summed E-state index contributed by atoms with van der Waals surface area (Å²) in [6.45, 7) is 2.34. The zero-order valence-corrected chi connectivity index (χ0v) is 12.7. The van der Waals surface area contributed by atoms with E-state index in [9.17, 15) is 9.59 Å². The Labute approximate surface area is 130 Å². The fourth-order valence-electron chi connectivity index (χ4n) is 3.58. The predicted molar refractivity (Wildman–Crippen MR) is 80.0 cm³/mol. The number of ether oxygens (including phenoxy) is 2. The van der Waals surface area contributed by atoms with Crippen LogP contribution in [0.1, 0.15) is 31.7 Å². The Morgan fingerprint density at radius 1 is 1.18 bits per heavy atom. The van der Waals surface area contributed by atoms with E-state index < -0.39 is 12.1 Å². The lowest BCUT2D eigenvalue weighted by atomic mass is 9.99. The number of hydrogen-bond donors (Lipinski definition) is 0. The Hall–Kier alpha value is -2.04. The number of hydrogen-bond acceptors (Lipinski definition) is 4. The molecule has 1 unspecified atom stereocenters. The van der Waals surface area contributed by atoms with Crippen molar-refractivity contribution in [3.05, 3.63) is 35.9 Å². The van der Waals surface area contributed by atoms with Crippen LogP contribution in [-0.4, -0.2) is 35.7 Å². The van der Waals surface area contributed by atoms with Crippen LogP contribution in [0.3, 0.4) is 0 Å². The van der Waals surface area contributed by atoms with Gasteiger partial charge >= 0.3 is 12.1 Å². The molecule has 118 valence electrons. The van der Waals surface area contributed by atoms with Gasteiger partial charge < -0.3 is 9.47 Å². The number of fused-ring (bicyclic) bond motifs is 2. The zero-order chi connectivity index (χ0) is 15.5. The number of esters is 1. The van der Waals surface area contributed by atoms with Gasteiger partial charge in [-0.25, -0.2) is 9.59 Å². The van der Waals surface area contributed by atoms with Crippen molar-refractivity contribution in [2.45, 2.75) is 44.9 Å². The molecule has 1 aliphatic heterocycles. The predicted octanol–water partition coefficient (Wildman–Crippen LogP) is 2.74. The van der Waals surface area contributed by atoms with E-state index in [4.69, 9.17) is 9.47 Å². The molecule has 2 bridgehead atoms. The molecule has 1 aromatic rings. The topological polar surface area (TPSA) is 55.8 Å². The van der Waals surface area contributed by atoms with Crippen molar-refractivity contribution in [1.82, 2.24) is 4.90 Å². The maximum absolute atomic E-state index is 12.4. The van der Waals surface area contributed by atoms with Crippen LogP contribution in [0.25, 0.3) is 0 Å². The second-order valence-electron chi connectivity index (χ2n) is 5.87. The first-order valence-corrected chi connectivity index (χ1v) is 7.86. The van der Waals surface area contributed by atoms with Crippen molar-refractivity contribution in [3.63, 3.8) is 0 Å². The molecular weight excluding hydrogens is 282 g/mol. The quantitative estimate of drug-likeness (QED) is 0.803. The van der Waals surface area contributed by atoms with E-state index in [-0.39, 0.29) is 24.5 Å². The van der Waals surface area contributed by atoms with Gasteiger partial charge in [-0.1, -0.05) is 30.3 Å². The molecule has 3 rings (SSSR count). The molecule has 2 aliphatic rings. The average molecular weight is 303 g/mol. The molecule has 1 saturated carbocycles. The summed E-state index contributed by atoms with van der Waals surface area (Å²) in [7, 11) is 0. The van der Waals surface area contributed by atoms with Crippen molar-refractivity contribution >= 4 is 12.1 Å². The summed E-state index contributed by atoms with van der Waals surface area (Å²) >= 11 is 0. The van der Waals surface area contributed by atoms with Gasteiger partial charge in [-0.15, -0.1) is 0 Å². The van der Waals surface area contributed by atoms with Crippen LogP contribution >= 0.6 is 0 Å². The Bertz CT molecular complexity index is 545. The van der Waals surface area contributed by atoms with Crippen LogP contribution in [0, 0.1) is 5.92 Å². The lowest BCUT2D eigenvalue weighted by Gasteiger charge is -2.32. The lowest BCUT2D eigenvalue weighted by molar-refractivity contribution is -0.150. The molecule has 5 heteroatoms. The van der Waals surface area contributed by atoms with Crippen molar-refractivity contribution in [2.75, 3.05) is 6.61 Å². The van der Waals surface area contributed by atoms with Gasteiger partial charge in [0.05, 0.1) is 6.61 Å². The van der Waals surface area contributed by atoms with E-state index in [1.807, 2.05) is 30.3 Å². The largest absolute Gasteiger partial charge is 0.464 e. The van der Waals surface area contributed by atoms with E-state index in [0.29, 0.717) is 6.61 Å². The van der Waals surface area contributed by atoms with Crippen molar-refractivity contribution in [3.8, 4) is 0 Å². The molecule has 0 radical (unpaired) electrons. The fourth-order valence-corrected chi connectivity index (χ4v) is 3.58. The summed E-state index contributed by atoms with van der Waals surface area (Å²) in [4.78, 5) is 26.2. The minimum atomic E-state index is -0.470. The van der Waals surface area contributed by atoms with Gasteiger partial charge in [0, 0.05) is 6.04 Å². The number of carbonyl (C=O) groups is 2. The van der Waals surface area contributed by atoms with Gasteiger partial charge in [-0.2, -0.15) is 0 Å². The number of nitrogens with zero attached hydrogens (tertiary/aromatic N) is 1. The summed E-state index contributed by atoms with van der Waals surface area (Å²) in [5.74, 6) is -0.0836. The van der Waals surface area contributed by atoms with Gasteiger partial charge in [-0.05, 0) is 37.7 Å². The van der Waals surface area contributed by atoms with E-state index in [1.54, 1.807) is 11.8 Å². The minimum Gasteiger partial charge on any atom is -0.464 e. The summed E-state index contributed by atoms with van der Waals surface area (Å²) < 4.78 is 10.5. The molecule has 0 spiro atoms. The Morgan fingerprint density at radius 2 is 1.95 bits per heavy atom. The SMILES string of the molecule is CCOC(=O)[C@@H]1[C@H]2CCC(C2)N1C(=O)OCc1ccccc1. The third kappa shape index (κ3) is 2.80. The smallest absolute Gasteiger partial charge is 0.411 e. The first-order valence-electron chi connectivity index (χ1n) is 7.86. The Kier molecular flexibility index (Phi) is 4.32. The first-order chi connectivity index (χ1) is 10.7. The van der Waals surface area contributed by atoms with Crippen LogP contribution in [0.5, 0.6) is 0 Å². The number of rotatable bonds is 4. The van der Waals surface area contributed by atoms with Crippen molar-refractivity contribution in [1.29, 1.82) is 0 Å². The maximum Gasteiger partial charge on any atom is 0.411 e. The second kappa shape index (κ2) is 6.38. The van der Waals surface area contributed by atoms with Gasteiger partial charge in [0.15, 0.2) is 0 Å². The van der Waals surface area contributed by atoms with Gasteiger partial charge in [0.1, 0.15) is 12.6 Å². The minimum absolute atomic E-state index is 0.114. The summed E-state index contributed by atoms with van der Waals surface area (Å²) in [5.41, 5.74) is 0.938. The van der Waals surface area contributed by atoms with E-state index in [2.05, 4.69) is 0 Å². The second-order valence-corrected chi connectivity index (χ2v) is 5.87. The van der Waals surface area contributed by atoms with Crippen LogP contribution in [0.15, 0.2) is 30.3 Å². The number of carbonyl (C=O) groups excluding carboxylic acids is 2. The van der Waals surface area contributed by atoms with Crippen LogP contribution in [-0.2, 0) is 20.9 Å². The van der Waals surface area contributed by atoms with Crippen molar-refractivity contribution < 1.29 is 19.1 Å². The summed E-state index contributed by atoms with van der Waals surface area (Å²) in [6, 6.07) is 9.19. The highest BCUT2D eigenvalue weighted by Crippen LogP contribution is 2.43. The molecule has 1 aromatic carbocycles. The van der Waals surface area contributed by atoms with E-state index in [1.165, 1.54) is 0 Å². The summed E-state index contributed by atoms with van der Waals surface area (Å²) in [6.07, 6.45) is 2.40. The van der Waals surface area contributed by atoms with Crippen molar-refractivity contribution in [2.24, 2.45) is 5.92 Å². The van der Waals surface area contributed by atoms with E-state index in [0.717, 1.165) is 24.8 Å². The molecule has 0 N–H and O–H groups in total. The van der Waals surface area contributed by atoms with Crippen LogP contribution in [0.4, 0.5) is 4.79 Å².